The number of nitriles is 2. The van der Waals surface area contributed by atoms with Crippen molar-refractivity contribution in [2.75, 3.05) is 43.4 Å². The van der Waals surface area contributed by atoms with Crippen LogP contribution in [0.25, 0.3) is 0 Å². The third-order valence-electron chi connectivity index (χ3n) is 10.8. The van der Waals surface area contributed by atoms with Gasteiger partial charge in [0, 0.05) is 55.2 Å². The summed E-state index contributed by atoms with van der Waals surface area (Å²) in [5.41, 5.74) is 10.1. The average molecular weight is 586 g/mol. The summed E-state index contributed by atoms with van der Waals surface area (Å²) in [5.74, 6) is 1.14. The van der Waals surface area contributed by atoms with Crippen LogP contribution in [0.1, 0.15) is 92.2 Å². The van der Waals surface area contributed by atoms with Crippen LogP contribution >= 0.6 is 0 Å². The summed E-state index contributed by atoms with van der Waals surface area (Å²) >= 11 is 0. The quantitative estimate of drug-likeness (QED) is 0.500. The largest absolute Gasteiger partial charge is 0.461 e. The van der Waals surface area contributed by atoms with Gasteiger partial charge in [0.2, 0.25) is 0 Å². The summed E-state index contributed by atoms with van der Waals surface area (Å²) in [6, 6.07) is 9.02. The molecule has 7 rings (SSSR count). The van der Waals surface area contributed by atoms with Gasteiger partial charge in [0.05, 0.1) is 29.5 Å². The summed E-state index contributed by atoms with van der Waals surface area (Å²) in [6.07, 6.45) is 6.36. The van der Waals surface area contributed by atoms with Gasteiger partial charge < -0.3 is 20.1 Å². The van der Waals surface area contributed by atoms with Crippen molar-refractivity contribution < 1.29 is 13.9 Å². The molecule has 1 aromatic heterocycles. The van der Waals surface area contributed by atoms with E-state index in [-0.39, 0.29) is 11.5 Å². The predicted octanol–water partition coefficient (Wildman–Crippen LogP) is 4.88. The normalized spacial score (nSPS) is 31.9. The second-order valence-corrected chi connectivity index (χ2v) is 13.4. The fraction of sp³-hybridized carbons (Fsp3) is 0.636. The number of nitrogens with two attached hydrogens (primary N) is 1. The predicted molar refractivity (Wildman–Crippen MR) is 159 cm³/mol. The molecule has 1 aliphatic carbocycles. The van der Waals surface area contributed by atoms with Crippen LogP contribution in [0, 0.1) is 28.6 Å². The maximum Gasteiger partial charge on any atom is 0.318 e. The molecule has 0 amide bonds. The lowest BCUT2D eigenvalue weighted by atomic mass is 9.69. The molecule has 0 radical (unpaired) electrons. The molecule has 0 saturated carbocycles. The van der Waals surface area contributed by atoms with Gasteiger partial charge in [-0.05, 0) is 69.0 Å². The Labute approximate surface area is 252 Å². The van der Waals surface area contributed by atoms with Crippen molar-refractivity contribution in [1.82, 2.24) is 14.9 Å². The lowest BCUT2D eigenvalue weighted by molar-refractivity contribution is -0.0873. The van der Waals surface area contributed by atoms with Gasteiger partial charge in [0.25, 0.3) is 0 Å². The second kappa shape index (κ2) is 10.9. The molecule has 2 aromatic rings. The Kier molecular flexibility index (Phi) is 7.18. The Hall–Kier alpha value is -3.47. The molecule has 0 bridgehead atoms. The van der Waals surface area contributed by atoms with Gasteiger partial charge in [0.1, 0.15) is 30.3 Å². The van der Waals surface area contributed by atoms with E-state index in [1.807, 2.05) is 12.1 Å². The molecular formula is C33H40FN7O2. The van der Waals surface area contributed by atoms with Gasteiger partial charge in [-0.1, -0.05) is 13.0 Å². The zero-order valence-electron chi connectivity index (χ0n) is 24.9. The monoisotopic (exact) mass is 585 g/mol. The van der Waals surface area contributed by atoms with E-state index in [0.717, 1.165) is 92.8 Å². The lowest BCUT2D eigenvalue weighted by Gasteiger charge is -2.45. The number of halogens is 1. The van der Waals surface area contributed by atoms with Gasteiger partial charge in [0.15, 0.2) is 0 Å². The van der Waals surface area contributed by atoms with E-state index >= 15 is 0 Å². The number of ether oxygens (including phenoxy) is 2. The first-order valence-corrected chi connectivity index (χ1v) is 15.9. The summed E-state index contributed by atoms with van der Waals surface area (Å²) < 4.78 is 27.7. The fourth-order valence-electron chi connectivity index (χ4n) is 8.44. The van der Waals surface area contributed by atoms with Crippen molar-refractivity contribution >= 4 is 11.5 Å². The topological polar surface area (TPSA) is 124 Å². The number of aromatic nitrogens is 2. The summed E-state index contributed by atoms with van der Waals surface area (Å²) in [5, 5.41) is 19.8. The standard InChI is InChI=1S/C33H40FN7O2/c1-21-7-10-33(29-24(21)5-6-27(37)25(29)17-36)15-28-26(19-43-33)30(40-11-2-4-22(16-35)8-13-40)39-31(38-28)42-20-32-9-3-12-41(32)18-23(34)14-32/h5-6,21-23H,2-4,7-15,18-20,37H2,1H3/t21-,22+,23+,32-,33-/m0/s1. The fourth-order valence-corrected chi connectivity index (χ4v) is 8.44. The maximum atomic E-state index is 14.5. The number of rotatable bonds is 4. The second-order valence-electron chi connectivity index (χ2n) is 13.4. The van der Waals surface area contributed by atoms with Crippen molar-refractivity contribution in [3.05, 3.63) is 40.1 Å². The Morgan fingerprint density at radius 1 is 1.14 bits per heavy atom. The Morgan fingerprint density at radius 3 is 2.86 bits per heavy atom. The number of hydrogen-bond acceptors (Lipinski definition) is 9. The van der Waals surface area contributed by atoms with E-state index in [4.69, 9.17) is 25.2 Å². The molecule has 2 N–H and O–H groups in total. The van der Waals surface area contributed by atoms with Gasteiger partial charge in [-0.15, -0.1) is 0 Å². The molecule has 9 nitrogen and oxygen atoms in total. The van der Waals surface area contributed by atoms with Crippen molar-refractivity contribution in [1.29, 1.82) is 10.5 Å². The van der Waals surface area contributed by atoms with Crippen LogP contribution < -0.4 is 15.4 Å². The molecule has 5 aliphatic rings. The van der Waals surface area contributed by atoms with E-state index in [1.54, 1.807) is 0 Å². The highest BCUT2D eigenvalue weighted by Crippen LogP contribution is 2.51. The third kappa shape index (κ3) is 4.80. The minimum absolute atomic E-state index is 0.0388. The summed E-state index contributed by atoms with van der Waals surface area (Å²) in [4.78, 5) is 14.5. The number of alkyl halides is 1. The van der Waals surface area contributed by atoms with Crippen LogP contribution in [-0.4, -0.2) is 59.4 Å². The number of fused-ring (bicyclic) bond motifs is 4. The van der Waals surface area contributed by atoms with Crippen LogP contribution in [0.3, 0.4) is 0 Å². The average Bonchev–Trinajstić information content (AvgIpc) is 3.42. The van der Waals surface area contributed by atoms with Gasteiger partial charge >= 0.3 is 6.01 Å². The highest BCUT2D eigenvalue weighted by molar-refractivity contribution is 5.64. The highest BCUT2D eigenvalue weighted by Gasteiger charge is 2.50. The molecule has 3 saturated heterocycles. The first-order valence-electron chi connectivity index (χ1n) is 15.9. The lowest BCUT2D eigenvalue weighted by Crippen LogP contribution is -2.44. The first kappa shape index (κ1) is 28.3. The van der Waals surface area contributed by atoms with Crippen LogP contribution in [-0.2, 0) is 23.4 Å². The van der Waals surface area contributed by atoms with E-state index in [2.05, 4.69) is 28.9 Å². The number of nitrogens with zero attached hydrogens (tertiary/aromatic N) is 6. The van der Waals surface area contributed by atoms with E-state index in [0.29, 0.717) is 55.8 Å². The Morgan fingerprint density at radius 2 is 2.02 bits per heavy atom. The minimum atomic E-state index is -0.832. The van der Waals surface area contributed by atoms with E-state index < -0.39 is 11.8 Å². The Bertz CT molecular complexity index is 1500. The number of nitrogen functional groups attached to an aromatic ring is 1. The van der Waals surface area contributed by atoms with Crippen LogP contribution in [0.5, 0.6) is 6.01 Å². The SMILES string of the molecule is C[C@H]1CC[C@]2(Cc3nc(OC[C@@]45CCCN4C[C@H](F)C5)nc(N4CCC[C@@H](C#N)CC4)c3CO2)c2c1ccc(N)c2C#N. The maximum absolute atomic E-state index is 14.5. The van der Waals surface area contributed by atoms with Crippen LogP contribution in [0.4, 0.5) is 15.9 Å². The molecule has 5 atom stereocenters. The zero-order chi connectivity index (χ0) is 29.8. The summed E-state index contributed by atoms with van der Waals surface area (Å²) in [6.45, 7) is 5.76. The van der Waals surface area contributed by atoms with Gasteiger partial charge in [-0.3, -0.25) is 4.90 Å². The van der Waals surface area contributed by atoms with Gasteiger partial charge in [-0.2, -0.15) is 20.5 Å². The van der Waals surface area contributed by atoms with Gasteiger partial charge in [-0.25, -0.2) is 4.39 Å². The molecule has 10 heteroatoms. The zero-order valence-corrected chi connectivity index (χ0v) is 24.9. The molecule has 3 fully saturated rings. The number of hydrogen-bond donors (Lipinski definition) is 1. The van der Waals surface area contributed by atoms with Crippen molar-refractivity contribution in [3.8, 4) is 18.1 Å². The smallest absolute Gasteiger partial charge is 0.318 e. The number of benzene rings is 1. The third-order valence-corrected chi connectivity index (χ3v) is 10.8. The van der Waals surface area contributed by atoms with E-state index in [9.17, 15) is 14.9 Å². The molecule has 1 aromatic carbocycles. The molecule has 4 aliphatic heterocycles. The van der Waals surface area contributed by atoms with E-state index in [1.165, 1.54) is 0 Å². The minimum Gasteiger partial charge on any atom is -0.461 e. The summed E-state index contributed by atoms with van der Waals surface area (Å²) in [7, 11) is 0. The molecule has 226 valence electrons. The van der Waals surface area contributed by atoms with Crippen LogP contribution in [0.15, 0.2) is 12.1 Å². The van der Waals surface area contributed by atoms with Crippen LogP contribution in [0.2, 0.25) is 0 Å². The van der Waals surface area contributed by atoms with Crippen molar-refractivity contribution in [3.63, 3.8) is 0 Å². The Balaban J connectivity index is 1.27. The molecule has 43 heavy (non-hydrogen) atoms. The van der Waals surface area contributed by atoms with Crippen molar-refractivity contribution in [2.24, 2.45) is 5.92 Å². The number of anilines is 2. The first-order chi connectivity index (χ1) is 20.8. The highest BCUT2D eigenvalue weighted by atomic mass is 19.1. The molecular weight excluding hydrogens is 545 g/mol. The molecule has 1 spiro atoms. The molecule has 0 unspecified atom stereocenters. The molecule has 5 heterocycles. The van der Waals surface area contributed by atoms with Crippen molar-refractivity contribution in [2.45, 2.75) is 94.5 Å².